The van der Waals surface area contributed by atoms with E-state index in [0.29, 0.717) is 4.90 Å². The number of hydrogen-bond donors (Lipinski definition) is 2. The molecule has 5 heteroatoms. The predicted molar refractivity (Wildman–Crippen MR) is 48.0 cm³/mol. The molecule has 0 bridgehead atoms. The molecule has 0 unspecified atom stereocenters. The molecular weight excluding hydrogens is 176 g/mol. The van der Waals surface area contributed by atoms with Gasteiger partial charge in [-0.15, -0.1) is 12.6 Å². The molecule has 0 atom stereocenters. The normalized spacial score (nSPS) is 9.50. The summed E-state index contributed by atoms with van der Waals surface area (Å²) in [5.74, 6) is -0.288. The predicted octanol–water partition coefficient (Wildman–Crippen LogP) is 0.227. The number of thiol groups is 1. The summed E-state index contributed by atoms with van der Waals surface area (Å²) in [5, 5.41) is 0. The molecule has 0 radical (unpaired) electrons. The van der Waals surface area contributed by atoms with Crippen molar-refractivity contribution in [2.24, 2.45) is 0 Å². The van der Waals surface area contributed by atoms with Crippen molar-refractivity contribution in [1.29, 1.82) is 0 Å². The van der Waals surface area contributed by atoms with Gasteiger partial charge in [0.15, 0.2) is 0 Å². The number of nitrogens with zero attached hydrogens (tertiary/aromatic N) is 1. The summed E-state index contributed by atoms with van der Waals surface area (Å²) in [7, 11) is 0. The molecule has 4 nitrogen and oxygen atoms in total. The lowest BCUT2D eigenvalue weighted by Crippen LogP contribution is -2.30. The summed E-state index contributed by atoms with van der Waals surface area (Å²) in [4.78, 5) is 22.2. The lowest BCUT2D eigenvalue weighted by molar-refractivity contribution is -0.115. The minimum atomic E-state index is -0.308. The van der Waals surface area contributed by atoms with Gasteiger partial charge in [-0.2, -0.15) is 0 Å². The first-order chi connectivity index (χ1) is 5.59. The van der Waals surface area contributed by atoms with Crippen LogP contribution in [-0.4, -0.2) is 10.6 Å². The quantitative estimate of drug-likeness (QED) is 0.614. The molecule has 0 aliphatic carbocycles. The van der Waals surface area contributed by atoms with Gasteiger partial charge >= 0.3 is 0 Å². The van der Waals surface area contributed by atoms with Crippen molar-refractivity contribution in [1.82, 2.24) is 4.68 Å². The Hall–Kier alpha value is -1.23. The third-order valence-electron chi connectivity index (χ3n) is 1.18. The van der Waals surface area contributed by atoms with E-state index in [9.17, 15) is 9.59 Å². The number of rotatable bonds is 1. The fourth-order valence-electron chi connectivity index (χ4n) is 0.731. The maximum atomic E-state index is 11.1. The highest BCUT2D eigenvalue weighted by Gasteiger charge is 1.96. The van der Waals surface area contributed by atoms with Crippen LogP contribution < -0.4 is 11.0 Å². The van der Waals surface area contributed by atoms with E-state index >= 15 is 0 Å². The summed E-state index contributed by atoms with van der Waals surface area (Å²) in [6, 6.07) is 2.93. The summed E-state index contributed by atoms with van der Waals surface area (Å²) in [6.45, 7) is 1.33. The number of aromatic nitrogens is 1. The van der Waals surface area contributed by atoms with Gasteiger partial charge < -0.3 is 0 Å². The first-order valence-electron chi connectivity index (χ1n) is 3.29. The third kappa shape index (κ3) is 2.13. The second kappa shape index (κ2) is 3.44. The molecule has 12 heavy (non-hydrogen) atoms. The van der Waals surface area contributed by atoms with Gasteiger partial charge in [-0.3, -0.25) is 15.0 Å². The molecule has 0 spiro atoms. The molecule has 0 fully saturated rings. The van der Waals surface area contributed by atoms with Crippen LogP contribution in [0.2, 0.25) is 0 Å². The third-order valence-corrected chi connectivity index (χ3v) is 1.46. The van der Waals surface area contributed by atoms with E-state index in [-0.39, 0.29) is 11.5 Å². The molecule has 1 aromatic rings. The molecule has 0 saturated carbocycles. The fourth-order valence-corrected chi connectivity index (χ4v) is 0.908. The van der Waals surface area contributed by atoms with E-state index in [4.69, 9.17) is 0 Å². The first kappa shape index (κ1) is 8.86. The number of nitrogens with one attached hydrogen (secondary N) is 1. The van der Waals surface area contributed by atoms with E-state index in [1.807, 2.05) is 0 Å². The van der Waals surface area contributed by atoms with Gasteiger partial charge in [0.1, 0.15) is 0 Å². The smallest absolute Gasteiger partial charge is 0.270 e. The minimum absolute atomic E-state index is 0.288. The van der Waals surface area contributed by atoms with Gasteiger partial charge in [0, 0.05) is 24.1 Å². The van der Waals surface area contributed by atoms with Crippen molar-refractivity contribution in [3.63, 3.8) is 0 Å². The number of pyridine rings is 1. The molecule has 64 valence electrons. The summed E-state index contributed by atoms with van der Waals surface area (Å²) in [6.07, 6.45) is 1.45. The molecule has 0 saturated heterocycles. The molecule has 1 aromatic heterocycles. The highest BCUT2D eigenvalue weighted by atomic mass is 32.1. The van der Waals surface area contributed by atoms with E-state index < -0.39 is 0 Å². The number of carbonyl (C=O) groups is 1. The fraction of sp³-hybridized carbons (Fsp3) is 0.143. The SMILES string of the molecule is CC(=O)Nn1ccc(S)cc1=O. The standard InChI is InChI=1S/C7H8N2O2S/c1-5(10)8-9-3-2-6(12)4-7(9)11/h2-4,12H,1H3,(H,8,10). The van der Waals surface area contributed by atoms with Crippen LogP contribution in [-0.2, 0) is 4.79 Å². The highest BCUT2D eigenvalue weighted by molar-refractivity contribution is 7.80. The first-order valence-corrected chi connectivity index (χ1v) is 3.73. The summed E-state index contributed by atoms with van der Waals surface area (Å²) >= 11 is 3.97. The molecule has 1 rings (SSSR count). The Labute approximate surface area is 74.6 Å². The summed E-state index contributed by atoms with van der Waals surface area (Å²) in [5.41, 5.74) is 2.02. The highest BCUT2D eigenvalue weighted by Crippen LogP contribution is 1.97. The van der Waals surface area contributed by atoms with Crippen LogP contribution in [0, 0.1) is 0 Å². The monoisotopic (exact) mass is 184 g/mol. The second-order valence-corrected chi connectivity index (χ2v) is 2.78. The Morgan fingerprint density at radius 2 is 2.33 bits per heavy atom. The van der Waals surface area contributed by atoms with Crippen LogP contribution in [0.4, 0.5) is 0 Å². The lowest BCUT2D eigenvalue weighted by atomic mass is 10.5. The van der Waals surface area contributed by atoms with Crippen LogP contribution in [0.25, 0.3) is 0 Å². The Morgan fingerprint density at radius 3 is 2.83 bits per heavy atom. The zero-order valence-electron chi connectivity index (χ0n) is 6.44. The van der Waals surface area contributed by atoms with Crippen molar-refractivity contribution in [3.05, 3.63) is 28.7 Å². The zero-order chi connectivity index (χ0) is 9.14. The maximum absolute atomic E-state index is 11.1. The molecular formula is C7H8N2O2S. The van der Waals surface area contributed by atoms with Gasteiger partial charge in [0.25, 0.3) is 5.56 Å². The molecule has 0 aliphatic rings. The zero-order valence-corrected chi connectivity index (χ0v) is 7.34. The lowest BCUT2D eigenvalue weighted by Gasteiger charge is -2.03. The van der Waals surface area contributed by atoms with Crippen molar-refractivity contribution < 1.29 is 4.79 Å². The number of carbonyl (C=O) groups excluding carboxylic acids is 1. The van der Waals surface area contributed by atoms with Crippen LogP contribution in [0.15, 0.2) is 28.0 Å². The van der Waals surface area contributed by atoms with Gasteiger partial charge in [0.2, 0.25) is 5.91 Å². The molecule has 0 aromatic carbocycles. The Morgan fingerprint density at radius 1 is 1.67 bits per heavy atom. The number of amides is 1. The van der Waals surface area contributed by atoms with Gasteiger partial charge in [-0.05, 0) is 6.07 Å². The van der Waals surface area contributed by atoms with E-state index in [1.54, 1.807) is 6.07 Å². The number of hydrogen-bond acceptors (Lipinski definition) is 3. The molecule has 0 aliphatic heterocycles. The topological polar surface area (TPSA) is 51.1 Å². The Balaban J connectivity index is 3.02. The van der Waals surface area contributed by atoms with Crippen LogP contribution >= 0.6 is 12.6 Å². The maximum Gasteiger partial charge on any atom is 0.270 e. The average molecular weight is 184 g/mol. The van der Waals surface area contributed by atoms with Crippen LogP contribution in [0.1, 0.15) is 6.92 Å². The van der Waals surface area contributed by atoms with Gasteiger partial charge in [-0.25, -0.2) is 4.68 Å². The van der Waals surface area contributed by atoms with Crippen LogP contribution in [0.3, 0.4) is 0 Å². The van der Waals surface area contributed by atoms with E-state index in [2.05, 4.69) is 18.1 Å². The minimum Gasteiger partial charge on any atom is -0.274 e. The van der Waals surface area contributed by atoms with Crippen molar-refractivity contribution in [2.75, 3.05) is 5.43 Å². The van der Waals surface area contributed by atoms with Gasteiger partial charge in [0.05, 0.1) is 0 Å². The molecule has 1 amide bonds. The Bertz CT molecular complexity index is 359. The van der Waals surface area contributed by atoms with Crippen molar-refractivity contribution in [3.8, 4) is 0 Å². The second-order valence-electron chi connectivity index (χ2n) is 2.26. The Kier molecular flexibility index (Phi) is 2.54. The largest absolute Gasteiger partial charge is 0.274 e. The molecule has 1 N–H and O–H groups in total. The van der Waals surface area contributed by atoms with E-state index in [0.717, 1.165) is 4.68 Å². The molecule has 1 heterocycles. The van der Waals surface area contributed by atoms with Gasteiger partial charge in [-0.1, -0.05) is 0 Å². The van der Waals surface area contributed by atoms with Crippen LogP contribution in [0.5, 0.6) is 0 Å². The van der Waals surface area contributed by atoms with E-state index in [1.165, 1.54) is 19.2 Å². The van der Waals surface area contributed by atoms with Crippen molar-refractivity contribution >= 4 is 18.5 Å². The average Bonchev–Trinajstić information content (AvgIpc) is 1.94. The van der Waals surface area contributed by atoms with Crippen molar-refractivity contribution in [2.45, 2.75) is 11.8 Å². The summed E-state index contributed by atoms with van der Waals surface area (Å²) < 4.78 is 1.10.